The minimum Gasteiger partial charge on any atom is -0.484 e. The third-order valence-electron chi connectivity index (χ3n) is 3.75. The molecule has 1 N–H and O–H groups in total. The largest absolute Gasteiger partial charge is 0.484 e. The van der Waals surface area contributed by atoms with Crippen LogP contribution in [0, 0.1) is 0 Å². The van der Waals surface area contributed by atoms with Crippen LogP contribution in [0.15, 0.2) is 24.3 Å². The Hall–Kier alpha value is -1.79. The van der Waals surface area contributed by atoms with Crippen molar-refractivity contribution in [2.24, 2.45) is 0 Å². The highest BCUT2D eigenvalue weighted by molar-refractivity contribution is 6.30. The monoisotopic (exact) mass is 327 g/mol. The Morgan fingerprint density at radius 2 is 2.05 bits per heavy atom. The third kappa shape index (κ3) is 3.34. The highest BCUT2D eigenvalue weighted by atomic mass is 35.5. The first kappa shape index (κ1) is 16.6. The highest BCUT2D eigenvalue weighted by Crippen LogP contribution is 2.30. The summed E-state index contributed by atoms with van der Waals surface area (Å²) in [7, 11) is 1.43. The van der Waals surface area contributed by atoms with Gasteiger partial charge in [-0.2, -0.15) is 0 Å². The highest BCUT2D eigenvalue weighted by Gasteiger charge is 2.50. The first-order chi connectivity index (χ1) is 10.5. The van der Waals surface area contributed by atoms with Crippen molar-refractivity contribution >= 4 is 23.5 Å². The molecule has 0 saturated carbocycles. The van der Waals surface area contributed by atoms with Crippen LogP contribution >= 0.6 is 11.6 Å². The van der Waals surface area contributed by atoms with Gasteiger partial charge in [-0.15, -0.1) is 0 Å². The lowest BCUT2D eigenvalue weighted by atomic mass is 9.97. The van der Waals surface area contributed by atoms with Crippen LogP contribution in [-0.4, -0.2) is 54.3 Å². The fourth-order valence-corrected chi connectivity index (χ4v) is 2.79. The van der Waals surface area contributed by atoms with E-state index in [1.54, 1.807) is 24.3 Å². The summed E-state index contributed by atoms with van der Waals surface area (Å²) in [6.45, 7) is 0.133. The average Bonchev–Trinajstić information content (AvgIpc) is 2.92. The quantitative estimate of drug-likeness (QED) is 0.862. The van der Waals surface area contributed by atoms with Gasteiger partial charge in [0.2, 0.25) is 0 Å². The number of hydrogen-bond donors (Lipinski definition) is 1. The van der Waals surface area contributed by atoms with E-state index in [1.165, 1.54) is 12.0 Å². The van der Waals surface area contributed by atoms with E-state index in [0.29, 0.717) is 30.2 Å². The molecule has 0 bridgehead atoms. The van der Waals surface area contributed by atoms with Gasteiger partial charge in [0.25, 0.3) is 5.91 Å². The van der Waals surface area contributed by atoms with Gasteiger partial charge in [-0.25, -0.2) is 4.79 Å². The number of carboxylic acids is 1. The minimum atomic E-state index is -1.30. The van der Waals surface area contributed by atoms with E-state index in [-0.39, 0.29) is 19.1 Å². The van der Waals surface area contributed by atoms with E-state index in [4.69, 9.17) is 21.1 Å². The summed E-state index contributed by atoms with van der Waals surface area (Å²) in [4.78, 5) is 25.3. The van der Waals surface area contributed by atoms with Gasteiger partial charge in [-0.05, 0) is 37.1 Å². The number of carbonyl (C=O) groups is 2. The second-order valence-corrected chi connectivity index (χ2v) is 5.60. The molecule has 1 aliphatic rings. The van der Waals surface area contributed by atoms with Gasteiger partial charge in [-0.3, -0.25) is 4.79 Å². The lowest BCUT2D eigenvalue weighted by Gasteiger charge is -2.33. The van der Waals surface area contributed by atoms with Crippen LogP contribution in [0.25, 0.3) is 0 Å². The Balaban J connectivity index is 2.04. The van der Waals surface area contributed by atoms with E-state index in [0.717, 1.165) is 0 Å². The number of benzene rings is 1. The SMILES string of the molecule is COCC1(C(=O)O)CCCN1C(=O)COc1ccc(Cl)cc1. The standard InChI is InChI=1S/C15H18ClNO5/c1-21-10-15(14(19)20)7-2-8-17(15)13(18)9-22-12-5-3-11(16)4-6-12/h3-6H,2,7-10H2,1H3,(H,19,20). The summed E-state index contributed by atoms with van der Waals surface area (Å²) in [6, 6.07) is 6.62. The number of nitrogens with zero attached hydrogens (tertiary/aromatic N) is 1. The summed E-state index contributed by atoms with van der Waals surface area (Å²) >= 11 is 5.78. The van der Waals surface area contributed by atoms with Crippen molar-refractivity contribution in [3.8, 4) is 5.75 Å². The Morgan fingerprint density at radius 3 is 2.64 bits per heavy atom. The molecule has 1 heterocycles. The number of amides is 1. The zero-order valence-corrected chi connectivity index (χ0v) is 13.0. The van der Waals surface area contributed by atoms with Crippen molar-refractivity contribution in [2.45, 2.75) is 18.4 Å². The van der Waals surface area contributed by atoms with Gasteiger partial charge in [0, 0.05) is 18.7 Å². The van der Waals surface area contributed by atoms with Crippen molar-refractivity contribution in [3.05, 3.63) is 29.3 Å². The molecule has 22 heavy (non-hydrogen) atoms. The molecule has 1 unspecified atom stereocenters. The van der Waals surface area contributed by atoms with Crippen molar-refractivity contribution < 1.29 is 24.2 Å². The van der Waals surface area contributed by atoms with E-state index in [2.05, 4.69) is 0 Å². The van der Waals surface area contributed by atoms with Crippen LogP contribution in [0.5, 0.6) is 5.75 Å². The van der Waals surface area contributed by atoms with E-state index in [1.807, 2.05) is 0 Å². The van der Waals surface area contributed by atoms with Crippen LogP contribution in [-0.2, 0) is 14.3 Å². The number of hydrogen-bond acceptors (Lipinski definition) is 4. The van der Waals surface area contributed by atoms with Gasteiger partial charge in [0.15, 0.2) is 12.1 Å². The maximum Gasteiger partial charge on any atom is 0.332 e. The van der Waals surface area contributed by atoms with E-state index in [9.17, 15) is 14.7 Å². The number of rotatable bonds is 6. The summed E-state index contributed by atoms with van der Waals surface area (Å²) in [5.74, 6) is -0.914. The molecule has 1 saturated heterocycles. The topological polar surface area (TPSA) is 76.1 Å². The van der Waals surface area contributed by atoms with Crippen LogP contribution < -0.4 is 4.74 Å². The van der Waals surface area contributed by atoms with Crippen molar-refractivity contribution in [2.75, 3.05) is 26.9 Å². The molecular weight excluding hydrogens is 310 g/mol. The predicted octanol–water partition coefficient (Wildman–Crippen LogP) is 1.81. The number of carboxylic acid groups (broad SMARTS) is 1. The smallest absolute Gasteiger partial charge is 0.332 e. The second-order valence-electron chi connectivity index (χ2n) is 5.16. The lowest BCUT2D eigenvalue weighted by Crippen LogP contribution is -2.57. The number of aliphatic carboxylic acids is 1. The fourth-order valence-electron chi connectivity index (χ4n) is 2.67. The van der Waals surface area contributed by atoms with Crippen molar-refractivity contribution in [1.82, 2.24) is 4.90 Å². The Kier molecular flexibility index (Phi) is 5.26. The van der Waals surface area contributed by atoms with Crippen LogP contribution in [0.3, 0.4) is 0 Å². The normalized spacial score (nSPS) is 20.9. The van der Waals surface area contributed by atoms with Crippen LogP contribution in [0.4, 0.5) is 0 Å². The molecule has 0 radical (unpaired) electrons. The summed E-state index contributed by atoms with van der Waals surface area (Å²) in [5, 5.41) is 10.1. The van der Waals surface area contributed by atoms with Crippen LogP contribution in [0.1, 0.15) is 12.8 Å². The molecule has 1 amide bonds. The molecule has 1 atom stereocenters. The van der Waals surface area contributed by atoms with Gasteiger partial charge < -0.3 is 19.5 Å². The number of carbonyl (C=O) groups excluding carboxylic acids is 1. The Labute approximate surface area is 133 Å². The second kappa shape index (κ2) is 6.98. The minimum absolute atomic E-state index is 0.0327. The molecule has 0 aromatic heterocycles. The van der Waals surface area contributed by atoms with Crippen molar-refractivity contribution in [3.63, 3.8) is 0 Å². The van der Waals surface area contributed by atoms with Gasteiger partial charge in [0.1, 0.15) is 5.75 Å². The maximum atomic E-state index is 12.3. The first-order valence-electron chi connectivity index (χ1n) is 6.91. The number of methoxy groups -OCH3 is 1. The van der Waals surface area contributed by atoms with Gasteiger partial charge in [-0.1, -0.05) is 11.6 Å². The lowest BCUT2D eigenvalue weighted by molar-refractivity contribution is -0.160. The molecule has 6 nitrogen and oxygen atoms in total. The molecule has 0 aliphatic carbocycles. The van der Waals surface area contributed by atoms with Crippen molar-refractivity contribution in [1.29, 1.82) is 0 Å². The molecule has 120 valence electrons. The molecule has 0 spiro atoms. The summed E-state index contributed by atoms with van der Waals surface area (Å²) < 4.78 is 10.4. The molecular formula is C15H18ClNO5. The molecule has 1 aliphatic heterocycles. The molecule has 1 aromatic carbocycles. The Bertz CT molecular complexity index is 547. The van der Waals surface area contributed by atoms with E-state index >= 15 is 0 Å². The average molecular weight is 328 g/mol. The van der Waals surface area contributed by atoms with Crippen LogP contribution in [0.2, 0.25) is 5.02 Å². The predicted molar refractivity (Wildman–Crippen MR) is 80.1 cm³/mol. The number of likely N-dealkylation sites (tertiary alicyclic amines) is 1. The van der Waals surface area contributed by atoms with Gasteiger partial charge >= 0.3 is 5.97 Å². The van der Waals surface area contributed by atoms with Gasteiger partial charge in [0.05, 0.1) is 6.61 Å². The summed E-state index contributed by atoms with van der Waals surface area (Å²) in [6.07, 6.45) is 1.01. The van der Waals surface area contributed by atoms with E-state index < -0.39 is 11.5 Å². The molecule has 1 aromatic rings. The first-order valence-corrected chi connectivity index (χ1v) is 7.28. The third-order valence-corrected chi connectivity index (χ3v) is 4.00. The summed E-state index contributed by atoms with van der Waals surface area (Å²) in [5.41, 5.74) is -1.30. The Morgan fingerprint density at radius 1 is 1.36 bits per heavy atom. The fraction of sp³-hybridized carbons (Fsp3) is 0.467. The number of halogens is 1. The molecule has 7 heteroatoms. The molecule has 2 rings (SSSR count). The zero-order chi connectivity index (χ0) is 16.2. The zero-order valence-electron chi connectivity index (χ0n) is 12.3. The maximum absolute atomic E-state index is 12.3. The number of ether oxygens (including phenoxy) is 2. The molecule has 1 fully saturated rings.